The summed E-state index contributed by atoms with van der Waals surface area (Å²) in [6.45, 7) is 21.2. The molecule has 0 aliphatic carbocycles. The van der Waals surface area contributed by atoms with E-state index in [1.54, 1.807) is 0 Å². The summed E-state index contributed by atoms with van der Waals surface area (Å²) in [5.41, 5.74) is 10.1. The molecule has 1 N–H and O–H groups in total. The Balaban J connectivity index is 1.12. The van der Waals surface area contributed by atoms with Gasteiger partial charge in [-0.2, -0.15) is 5.26 Å². The van der Waals surface area contributed by atoms with Crippen molar-refractivity contribution in [1.82, 2.24) is 19.8 Å². The van der Waals surface area contributed by atoms with Crippen LogP contribution in [0.1, 0.15) is 60.0 Å². The number of benzene rings is 3. The predicted octanol–water partition coefficient (Wildman–Crippen LogP) is 9.06. The van der Waals surface area contributed by atoms with Crippen LogP contribution in [-0.2, 0) is 28.7 Å². The Labute approximate surface area is 317 Å². The molecule has 0 radical (unpaired) electrons. The van der Waals surface area contributed by atoms with Crippen LogP contribution in [0.4, 0.5) is 0 Å². The second kappa shape index (κ2) is 14.6. The third kappa shape index (κ3) is 7.48. The van der Waals surface area contributed by atoms with Gasteiger partial charge in [0.05, 0.1) is 17.2 Å². The summed E-state index contributed by atoms with van der Waals surface area (Å²) in [5.74, 6) is -0.636. The molecule has 9 nitrogen and oxygen atoms in total. The van der Waals surface area contributed by atoms with Gasteiger partial charge in [0.15, 0.2) is 13.9 Å². The standard InChI is InChI=1S/C42H49N5O4SSi/c1-26-31(10-8-12-33(26)39-44-36-21-28(20-30(22-43)38(36)51-39)23-47-16-14-29(24-47)41(48)49)32-11-9-13-34(27(32)2)40-45-35-15-17-46(25-37(35)52-40)18-19-50-53(6,7)42(3,4)5/h8-13,20-21,29H,14-19,23-25H2,1-7H3,(H,48,49). The molecule has 1 atom stereocenters. The Kier molecular flexibility index (Phi) is 10.2. The maximum absolute atomic E-state index is 11.5. The van der Waals surface area contributed by atoms with E-state index < -0.39 is 14.3 Å². The van der Waals surface area contributed by atoms with Crippen LogP contribution in [0.5, 0.6) is 0 Å². The van der Waals surface area contributed by atoms with Gasteiger partial charge in [0.1, 0.15) is 16.6 Å². The molecule has 2 aliphatic rings. The van der Waals surface area contributed by atoms with Crippen LogP contribution in [-0.4, -0.2) is 71.9 Å². The van der Waals surface area contributed by atoms with Gasteiger partial charge < -0.3 is 13.9 Å². The highest BCUT2D eigenvalue weighted by Gasteiger charge is 2.37. The lowest BCUT2D eigenvalue weighted by Gasteiger charge is -2.37. The summed E-state index contributed by atoms with van der Waals surface area (Å²) in [5, 5.41) is 20.7. The average Bonchev–Trinajstić information content (AvgIpc) is 3.86. The first kappa shape index (κ1) is 37.1. The number of carboxylic acids is 1. The van der Waals surface area contributed by atoms with Crippen molar-refractivity contribution in [1.29, 1.82) is 5.26 Å². The van der Waals surface area contributed by atoms with Crippen LogP contribution >= 0.6 is 11.3 Å². The van der Waals surface area contributed by atoms with Gasteiger partial charge in [0.2, 0.25) is 5.89 Å². The lowest BCUT2D eigenvalue weighted by atomic mass is 9.91. The molecule has 0 saturated carbocycles. The zero-order valence-electron chi connectivity index (χ0n) is 31.9. The summed E-state index contributed by atoms with van der Waals surface area (Å²) in [4.78, 5) is 27.5. The van der Waals surface area contributed by atoms with Crippen LogP contribution in [0, 0.1) is 31.1 Å². The number of thiazole rings is 1. The molecule has 0 spiro atoms. The molecule has 4 heterocycles. The number of oxazole rings is 1. The molecule has 2 aliphatic heterocycles. The Hall–Kier alpha value is -4.18. The second-order valence-electron chi connectivity index (χ2n) is 16.2. The van der Waals surface area contributed by atoms with Crippen molar-refractivity contribution in [3.63, 3.8) is 0 Å². The fraction of sp³-hybridized carbons (Fsp3) is 0.429. The summed E-state index contributed by atoms with van der Waals surface area (Å²) < 4.78 is 12.8. The molecule has 1 saturated heterocycles. The number of nitriles is 1. The summed E-state index contributed by atoms with van der Waals surface area (Å²) >= 11 is 1.81. The van der Waals surface area contributed by atoms with Gasteiger partial charge in [-0.05, 0) is 91.0 Å². The maximum Gasteiger partial charge on any atom is 0.307 e. The molecule has 7 rings (SSSR count). The second-order valence-corrected chi connectivity index (χ2v) is 22.1. The van der Waals surface area contributed by atoms with E-state index in [1.807, 2.05) is 35.6 Å². The van der Waals surface area contributed by atoms with E-state index in [2.05, 4.69) is 87.8 Å². The summed E-state index contributed by atoms with van der Waals surface area (Å²) in [6.07, 6.45) is 1.59. The molecule has 0 amide bonds. The van der Waals surface area contributed by atoms with Crippen molar-refractivity contribution in [2.24, 2.45) is 5.92 Å². The van der Waals surface area contributed by atoms with Crippen LogP contribution in [0.2, 0.25) is 18.1 Å². The van der Waals surface area contributed by atoms with Gasteiger partial charge in [0.25, 0.3) is 0 Å². The van der Waals surface area contributed by atoms with Crippen LogP contribution in [0.25, 0.3) is 44.3 Å². The van der Waals surface area contributed by atoms with Crippen molar-refractivity contribution in [2.75, 3.05) is 32.8 Å². The number of fused-ring (bicyclic) bond motifs is 2. The van der Waals surface area contributed by atoms with Crippen LogP contribution in [0.3, 0.4) is 0 Å². The normalized spacial score (nSPS) is 17.0. The first-order valence-corrected chi connectivity index (χ1v) is 22.3. The van der Waals surface area contributed by atoms with Gasteiger partial charge in [-0.1, -0.05) is 51.1 Å². The molecule has 1 fully saturated rings. The molecule has 5 aromatic rings. The number of carbonyl (C=O) groups is 1. The van der Waals surface area contributed by atoms with E-state index in [4.69, 9.17) is 18.8 Å². The third-order valence-corrected chi connectivity index (χ3v) is 17.3. The minimum absolute atomic E-state index is 0.212. The number of carboxylic acid groups (broad SMARTS) is 1. The lowest BCUT2D eigenvalue weighted by molar-refractivity contribution is -0.141. The monoisotopic (exact) mass is 747 g/mol. The molecular formula is C42H49N5O4SSi. The number of rotatable bonds is 10. The highest BCUT2D eigenvalue weighted by Crippen LogP contribution is 2.40. The summed E-state index contributed by atoms with van der Waals surface area (Å²) in [6, 6.07) is 18.7. The number of aromatic nitrogens is 2. The van der Waals surface area contributed by atoms with E-state index in [1.165, 1.54) is 16.1 Å². The molecule has 276 valence electrons. The Bertz CT molecular complexity index is 2230. The molecule has 2 aromatic heterocycles. The molecule has 3 aromatic carbocycles. The first-order valence-electron chi connectivity index (χ1n) is 18.6. The summed E-state index contributed by atoms with van der Waals surface area (Å²) in [7, 11) is -1.76. The number of hydrogen-bond donors (Lipinski definition) is 1. The van der Waals surface area contributed by atoms with Crippen molar-refractivity contribution >= 4 is 36.7 Å². The third-order valence-electron chi connectivity index (χ3n) is 11.6. The van der Waals surface area contributed by atoms with E-state index in [9.17, 15) is 15.2 Å². The minimum atomic E-state index is -1.76. The predicted molar refractivity (Wildman–Crippen MR) is 213 cm³/mol. The number of likely N-dealkylation sites (tertiary alicyclic amines) is 1. The minimum Gasteiger partial charge on any atom is -0.481 e. The van der Waals surface area contributed by atoms with Crippen molar-refractivity contribution in [3.8, 4) is 39.2 Å². The van der Waals surface area contributed by atoms with E-state index in [0.29, 0.717) is 48.6 Å². The van der Waals surface area contributed by atoms with E-state index in [-0.39, 0.29) is 11.0 Å². The number of hydrogen-bond acceptors (Lipinski definition) is 9. The quantitative estimate of drug-likeness (QED) is 0.140. The van der Waals surface area contributed by atoms with Gasteiger partial charge in [-0.15, -0.1) is 11.3 Å². The van der Waals surface area contributed by atoms with Crippen molar-refractivity contribution in [2.45, 2.75) is 78.7 Å². The van der Waals surface area contributed by atoms with Gasteiger partial charge in [-0.25, -0.2) is 9.97 Å². The molecular weight excluding hydrogens is 699 g/mol. The van der Waals surface area contributed by atoms with Gasteiger partial charge >= 0.3 is 5.97 Å². The molecule has 0 bridgehead atoms. The fourth-order valence-corrected chi connectivity index (χ4v) is 9.60. The average molecular weight is 748 g/mol. The Morgan fingerprint density at radius 2 is 1.74 bits per heavy atom. The van der Waals surface area contributed by atoms with Crippen molar-refractivity contribution in [3.05, 3.63) is 81.4 Å². The largest absolute Gasteiger partial charge is 0.481 e. The van der Waals surface area contributed by atoms with E-state index >= 15 is 0 Å². The van der Waals surface area contributed by atoms with Crippen LogP contribution in [0.15, 0.2) is 52.9 Å². The topological polar surface area (TPSA) is 116 Å². The van der Waals surface area contributed by atoms with E-state index in [0.717, 1.165) is 71.1 Å². The zero-order valence-corrected chi connectivity index (χ0v) is 33.7. The van der Waals surface area contributed by atoms with Crippen LogP contribution < -0.4 is 0 Å². The van der Waals surface area contributed by atoms with Crippen molar-refractivity contribution < 1.29 is 18.7 Å². The Morgan fingerprint density at radius 1 is 1.04 bits per heavy atom. The smallest absolute Gasteiger partial charge is 0.307 e. The lowest BCUT2D eigenvalue weighted by Crippen LogP contribution is -2.43. The Morgan fingerprint density at radius 3 is 2.42 bits per heavy atom. The maximum atomic E-state index is 11.5. The highest BCUT2D eigenvalue weighted by molar-refractivity contribution is 7.15. The van der Waals surface area contributed by atoms with Gasteiger partial charge in [0, 0.05) is 61.8 Å². The zero-order chi connectivity index (χ0) is 37.7. The number of aliphatic carboxylic acids is 1. The number of nitrogens with zero attached hydrogens (tertiary/aromatic N) is 5. The first-order chi connectivity index (χ1) is 25.2. The SMILES string of the molecule is Cc1c(-c2nc3cc(CN4CCC(C(=O)O)C4)cc(C#N)c3o2)cccc1-c1cccc(-c2nc3c(s2)CN(CCO[Si](C)(C)C(C)(C)C)CC3)c1C. The highest BCUT2D eigenvalue weighted by atomic mass is 32.1. The fourth-order valence-electron chi connectivity index (χ4n) is 7.34. The van der Waals surface area contributed by atoms with Gasteiger partial charge in [-0.3, -0.25) is 14.6 Å². The molecule has 1 unspecified atom stereocenters. The molecule has 11 heteroatoms. The molecule has 53 heavy (non-hydrogen) atoms.